The minimum atomic E-state index is -4.61. The molecule has 4 aromatic rings. The lowest BCUT2D eigenvalue weighted by molar-refractivity contribution is -0.137. The Kier molecular flexibility index (Phi) is 8.25. The predicted octanol–water partition coefficient (Wildman–Crippen LogP) is 9.34. The number of halogens is 4. The molecule has 1 unspecified atom stereocenters. The zero-order valence-electron chi connectivity index (χ0n) is 21.3. The molecule has 1 aromatic heterocycles. The summed E-state index contributed by atoms with van der Waals surface area (Å²) in [6, 6.07) is 20.5. The van der Waals surface area contributed by atoms with Crippen LogP contribution in [0.4, 0.5) is 23.4 Å². The van der Waals surface area contributed by atoms with Crippen molar-refractivity contribution in [3.63, 3.8) is 0 Å². The Morgan fingerprint density at radius 1 is 0.895 bits per heavy atom. The van der Waals surface area contributed by atoms with Crippen molar-refractivity contribution >= 4 is 11.5 Å². The van der Waals surface area contributed by atoms with E-state index in [4.69, 9.17) is 0 Å². The molecule has 0 radical (unpaired) electrons. The highest BCUT2D eigenvalue weighted by molar-refractivity contribution is 5.79. The summed E-state index contributed by atoms with van der Waals surface area (Å²) in [7, 11) is 0. The first-order valence-corrected chi connectivity index (χ1v) is 12.6. The van der Waals surface area contributed by atoms with E-state index in [2.05, 4.69) is 41.8 Å². The zero-order valence-corrected chi connectivity index (χ0v) is 21.3. The Morgan fingerprint density at radius 3 is 2.24 bits per heavy atom. The number of benzene rings is 3. The van der Waals surface area contributed by atoms with Gasteiger partial charge < -0.3 is 5.32 Å². The van der Waals surface area contributed by atoms with Gasteiger partial charge in [0.2, 0.25) is 0 Å². The van der Waals surface area contributed by atoms with Crippen LogP contribution >= 0.6 is 0 Å². The van der Waals surface area contributed by atoms with Gasteiger partial charge in [0.05, 0.1) is 11.3 Å². The van der Waals surface area contributed by atoms with Gasteiger partial charge >= 0.3 is 6.18 Å². The number of nitrogens with one attached hydrogen (secondary N) is 1. The summed E-state index contributed by atoms with van der Waals surface area (Å²) in [6.07, 6.45) is -1.60. The van der Waals surface area contributed by atoms with E-state index in [1.165, 1.54) is 42.5 Å². The number of aromatic nitrogens is 2. The van der Waals surface area contributed by atoms with Crippen LogP contribution in [0.2, 0.25) is 0 Å². The van der Waals surface area contributed by atoms with Crippen LogP contribution in [0.15, 0.2) is 85.4 Å². The number of rotatable bonds is 9. The second kappa shape index (κ2) is 11.6. The Hall–Kier alpha value is -4.00. The summed E-state index contributed by atoms with van der Waals surface area (Å²) in [5, 5.41) is 3.17. The average molecular weight is 520 g/mol. The number of nitrogens with zero attached hydrogens (tertiary/aromatic N) is 2. The van der Waals surface area contributed by atoms with Crippen molar-refractivity contribution in [1.82, 2.24) is 9.97 Å². The molecule has 0 aliphatic carbocycles. The van der Waals surface area contributed by atoms with Crippen molar-refractivity contribution < 1.29 is 17.6 Å². The Labute approximate surface area is 220 Å². The molecule has 4 rings (SSSR count). The second-order valence-corrected chi connectivity index (χ2v) is 9.07. The minimum Gasteiger partial charge on any atom is -0.340 e. The summed E-state index contributed by atoms with van der Waals surface area (Å²) in [5.74, 6) is -0.154. The van der Waals surface area contributed by atoms with Gasteiger partial charge in [0.15, 0.2) is 5.82 Å². The van der Waals surface area contributed by atoms with E-state index in [0.717, 1.165) is 36.5 Å². The van der Waals surface area contributed by atoms with Crippen LogP contribution in [0.5, 0.6) is 0 Å². The van der Waals surface area contributed by atoms with E-state index in [1.54, 1.807) is 6.07 Å². The molecule has 1 N–H and O–H groups in total. The maximum atomic E-state index is 14.7. The van der Waals surface area contributed by atoms with Crippen LogP contribution in [0.25, 0.3) is 28.3 Å². The first-order chi connectivity index (χ1) is 18.2. The Bertz CT molecular complexity index is 1430. The maximum Gasteiger partial charge on any atom is 0.417 e. The van der Waals surface area contributed by atoms with E-state index in [1.807, 2.05) is 18.2 Å². The van der Waals surface area contributed by atoms with Crippen molar-refractivity contribution in [3.05, 3.63) is 108 Å². The maximum absolute atomic E-state index is 14.7. The first kappa shape index (κ1) is 27.0. The molecule has 1 heterocycles. The summed E-state index contributed by atoms with van der Waals surface area (Å²) < 4.78 is 56.2. The lowest BCUT2D eigenvalue weighted by Gasteiger charge is -2.21. The fraction of sp³-hybridized carbons (Fsp3) is 0.226. The molecule has 0 fully saturated rings. The Morgan fingerprint density at radius 2 is 1.55 bits per heavy atom. The van der Waals surface area contributed by atoms with Crippen molar-refractivity contribution in [2.24, 2.45) is 0 Å². The number of anilines is 1. The number of alkyl halides is 3. The molecule has 38 heavy (non-hydrogen) atoms. The number of hydrogen-bond acceptors (Lipinski definition) is 3. The van der Waals surface area contributed by atoms with E-state index >= 15 is 0 Å². The van der Waals surface area contributed by atoms with Gasteiger partial charge in [0.1, 0.15) is 11.6 Å². The monoisotopic (exact) mass is 519 g/mol. The third-order valence-electron chi connectivity index (χ3n) is 6.48. The fourth-order valence-corrected chi connectivity index (χ4v) is 4.64. The van der Waals surface area contributed by atoms with E-state index in [0.29, 0.717) is 11.6 Å². The van der Waals surface area contributed by atoms with Crippen molar-refractivity contribution in [1.29, 1.82) is 0 Å². The molecule has 0 aliphatic heterocycles. The molecule has 0 spiro atoms. The summed E-state index contributed by atoms with van der Waals surface area (Å²) in [5.41, 5.74) is 1.84. The van der Waals surface area contributed by atoms with Crippen LogP contribution in [-0.2, 0) is 6.18 Å². The van der Waals surface area contributed by atoms with Crippen LogP contribution in [-0.4, -0.2) is 9.97 Å². The van der Waals surface area contributed by atoms with Crippen molar-refractivity contribution in [3.8, 4) is 22.6 Å². The number of hydrogen-bond donors (Lipinski definition) is 1. The lowest BCUT2D eigenvalue weighted by atomic mass is 9.88. The van der Waals surface area contributed by atoms with Gasteiger partial charge in [0, 0.05) is 28.5 Å². The predicted molar refractivity (Wildman–Crippen MR) is 145 cm³/mol. The van der Waals surface area contributed by atoms with Crippen LogP contribution in [0, 0.1) is 5.82 Å². The van der Waals surface area contributed by atoms with Gasteiger partial charge in [-0.25, -0.2) is 14.4 Å². The summed E-state index contributed by atoms with van der Waals surface area (Å²) >= 11 is 0. The SMILES string of the molecule is C=C(Nc1cc(-c2ccccc2F)nc(-c2ccccc2C(F)(F)F)n1)c1ccccc1C(CC)CCC. The second-order valence-electron chi connectivity index (χ2n) is 9.07. The first-order valence-electron chi connectivity index (χ1n) is 12.6. The van der Waals surface area contributed by atoms with E-state index < -0.39 is 17.6 Å². The molecule has 7 heteroatoms. The molecule has 0 bridgehead atoms. The van der Waals surface area contributed by atoms with E-state index in [-0.39, 0.29) is 28.5 Å². The zero-order chi connectivity index (χ0) is 27.3. The van der Waals surface area contributed by atoms with Gasteiger partial charge in [-0.15, -0.1) is 0 Å². The van der Waals surface area contributed by atoms with Crippen LogP contribution in [0.1, 0.15) is 55.7 Å². The van der Waals surface area contributed by atoms with Gasteiger partial charge in [-0.1, -0.05) is 81.4 Å². The average Bonchev–Trinajstić information content (AvgIpc) is 2.91. The normalized spacial score (nSPS) is 12.3. The molecular weight excluding hydrogens is 490 g/mol. The molecule has 0 saturated carbocycles. The minimum absolute atomic E-state index is 0.156. The van der Waals surface area contributed by atoms with Crippen molar-refractivity contribution in [2.75, 3.05) is 5.32 Å². The van der Waals surface area contributed by atoms with Crippen molar-refractivity contribution in [2.45, 2.75) is 45.2 Å². The summed E-state index contributed by atoms with van der Waals surface area (Å²) in [6.45, 7) is 8.50. The highest BCUT2D eigenvalue weighted by Gasteiger charge is 2.34. The molecule has 3 aromatic carbocycles. The highest BCUT2D eigenvalue weighted by atomic mass is 19.4. The third-order valence-corrected chi connectivity index (χ3v) is 6.48. The summed E-state index contributed by atoms with van der Waals surface area (Å²) in [4.78, 5) is 8.78. The molecular formula is C31H29F4N3. The topological polar surface area (TPSA) is 37.8 Å². The van der Waals surface area contributed by atoms with Crippen LogP contribution < -0.4 is 5.32 Å². The Balaban J connectivity index is 1.82. The van der Waals surface area contributed by atoms with Gasteiger partial charge in [-0.3, -0.25) is 0 Å². The molecule has 1 atom stereocenters. The van der Waals surface area contributed by atoms with E-state index in [9.17, 15) is 17.6 Å². The largest absolute Gasteiger partial charge is 0.417 e. The molecule has 3 nitrogen and oxygen atoms in total. The third kappa shape index (κ3) is 5.93. The standard InChI is InChI=1S/C31H29F4N3/c1-4-12-21(5-2)23-14-7-6-13-22(23)20(3)36-29-19-28(25-16-9-11-18-27(25)32)37-30(38-29)24-15-8-10-17-26(24)31(33,34)35/h6-11,13-19,21H,3-5,12H2,1-2H3,(H,36,37,38). The molecule has 0 aliphatic rings. The molecule has 0 amide bonds. The fourth-order valence-electron chi connectivity index (χ4n) is 4.64. The smallest absolute Gasteiger partial charge is 0.340 e. The quantitative estimate of drug-likeness (QED) is 0.224. The van der Waals surface area contributed by atoms with Gasteiger partial charge in [-0.05, 0) is 42.5 Å². The highest BCUT2D eigenvalue weighted by Crippen LogP contribution is 2.37. The van der Waals surface area contributed by atoms with Crippen LogP contribution in [0.3, 0.4) is 0 Å². The van der Waals surface area contributed by atoms with Gasteiger partial charge in [0.25, 0.3) is 0 Å². The molecule has 196 valence electrons. The lowest BCUT2D eigenvalue weighted by Crippen LogP contribution is -2.10. The van der Waals surface area contributed by atoms with Gasteiger partial charge in [-0.2, -0.15) is 13.2 Å². The molecule has 0 saturated heterocycles.